The van der Waals surface area contributed by atoms with Crippen LogP contribution in [0.3, 0.4) is 0 Å². The van der Waals surface area contributed by atoms with Crippen LogP contribution in [0, 0.1) is 0 Å². The molecule has 0 heterocycles. The molecule has 0 saturated carbocycles. The third kappa shape index (κ3) is 2.39. The molecule has 2 atom stereocenters. The van der Waals surface area contributed by atoms with Crippen LogP contribution < -0.4 is 0 Å². The summed E-state index contributed by atoms with van der Waals surface area (Å²) in [6, 6.07) is 8.63. The SMILES string of the molecule is CC1CCC(N(C)C(C)(C)C(=O)O)c2ccccc21. The molecule has 104 valence electrons. The van der Waals surface area contributed by atoms with E-state index in [-0.39, 0.29) is 6.04 Å². The van der Waals surface area contributed by atoms with Crippen molar-refractivity contribution in [3.05, 3.63) is 35.4 Å². The Balaban J connectivity index is 2.38. The Hall–Kier alpha value is -1.35. The van der Waals surface area contributed by atoms with Gasteiger partial charge in [-0.3, -0.25) is 9.69 Å². The molecule has 3 heteroatoms. The van der Waals surface area contributed by atoms with E-state index in [1.165, 1.54) is 11.1 Å². The topological polar surface area (TPSA) is 40.5 Å². The molecule has 0 radical (unpaired) electrons. The van der Waals surface area contributed by atoms with Crippen LogP contribution in [-0.2, 0) is 4.79 Å². The number of rotatable bonds is 3. The van der Waals surface area contributed by atoms with Gasteiger partial charge in [0.05, 0.1) is 0 Å². The van der Waals surface area contributed by atoms with E-state index in [0.29, 0.717) is 5.92 Å². The zero-order chi connectivity index (χ0) is 14.2. The summed E-state index contributed by atoms with van der Waals surface area (Å²) in [7, 11) is 1.92. The second-order valence-corrected chi connectivity index (χ2v) is 6.10. The van der Waals surface area contributed by atoms with E-state index in [1.54, 1.807) is 13.8 Å². The lowest BCUT2D eigenvalue weighted by molar-refractivity contribution is -0.150. The molecule has 1 aliphatic carbocycles. The minimum Gasteiger partial charge on any atom is -0.480 e. The highest BCUT2D eigenvalue weighted by Gasteiger charge is 2.38. The van der Waals surface area contributed by atoms with Gasteiger partial charge in [-0.05, 0) is 50.8 Å². The first-order valence-electron chi connectivity index (χ1n) is 6.91. The highest BCUT2D eigenvalue weighted by molar-refractivity contribution is 5.77. The van der Waals surface area contributed by atoms with Crippen LogP contribution in [0.2, 0.25) is 0 Å². The lowest BCUT2D eigenvalue weighted by Crippen LogP contribution is -2.50. The van der Waals surface area contributed by atoms with Crippen LogP contribution in [0.25, 0.3) is 0 Å². The largest absolute Gasteiger partial charge is 0.480 e. The van der Waals surface area contributed by atoms with Crippen molar-refractivity contribution in [2.45, 2.75) is 51.1 Å². The summed E-state index contributed by atoms with van der Waals surface area (Å²) >= 11 is 0. The summed E-state index contributed by atoms with van der Waals surface area (Å²) in [6.45, 7) is 5.79. The lowest BCUT2D eigenvalue weighted by atomic mass is 9.79. The molecule has 1 aromatic rings. The first kappa shape index (κ1) is 14.1. The first-order chi connectivity index (χ1) is 8.85. The Morgan fingerprint density at radius 1 is 1.26 bits per heavy atom. The van der Waals surface area contributed by atoms with Gasteiger partial charge in [-0.25, -0.2) is 0 Å². The Morgan fingerprint density at radius 2 is 1.84 bits per heavy atom. The fourth-order valence-electron chi connectivity index (χ4n) is 2.92. The summed E-state index contributed by atoms with van der Waals surface area (Å²) < 4.78 is 0. The number of benzene rings is 1. The van der Waals surface area contributed by atoms with Gasteiger partial charge in [0.15, 0.2) is 0 Å². The molecule has 2 unspecified atom stereocenters. The molecule has 0 saturated heterocycles. The number of nitrogens with zero attached hydrogens (tertiary/aromatic N) is 1. The summed E-state index contributed by atoms with van der Waals surface area (Å²) in [6.07, 6.45) is 2.13. The first-order valence-corrected chi connectivity index (χ1v) is 6.91. The number of likely N-dealkylation sites (N-methyl/N-ethyl adjacent to an activating group) is 1. The number of fused-ring (bicyclic) bond motifs is 1. The molecule has 0 spiro atoms. The second kappa shape index (κ2) is 4.97. The highest BCUT2D eigenvalue weighted by atomic mass is 16.4. The third-order valence-electron chi connectivity index (χ3n) is 4.63. The van der Waals surface area contributed by atoms with Gasteiger partial charge in [0.2, 0.25) is 0 Å². The zero-order valence-corrected chi connectivity index (χ0v) is 12.2. The molecule has 2 rings (SSSR count). The van der Waals surface area contributed by atoms with Crippen LogP contribution in [0.15, 0.2) is 24.3 Å². The van der Waals surface area contributed by atoms with Crippen molar-refractivity contribution >= 4 is 5.97 Å². The number of carboxylic acids is 1. The molecule has 19 heavy (non-hydrogen) atoms. The van der Waals surface area contributed by atoms with Crippen molar-refractivity contribution in [3.8, 4) is 0 Å². The van der Waals surface area contributed by atoms with Crippen molar-refractivity contribution in [2.75, 3.05) is 7.05 Å². The number of hydrogen-bond acceptors (Lipinski definition) is 2. The normalized spacial score (nSPS) is 23.2. The van der Waals surface area contributed by atoms with E-state index in [2.05, 4.69) is 25.1 Å². The van der Waals surface area contributed by atoms with Crippen molar-refractivity contribution in [2.24, 2.45) is 0 Å². The average Bonchev–Trinajstić information content (AvgIpc) is 2.38. The van der Waals surface area contributed by atoms with Crippen LogP contribution in [-0.4, -0.2) is 28.6 Å². The van der Waals surface area contributed by atoms with E-state index in [0.717, 1.165) is 12.8 Å². The molecular formula is C16H23NO2. The molecule has 1 N–H and O–H groups in total. The number of carboxylic acid groups (broad SMARTS) is 1. The third-order valence-corrected chi connectivity index (χ3v) is 4.63. The minimum absolute atomic E-state index is 0.193. The van der Waals surface area contributed by atoms with Gasteiger partial charge < -0.3 is 5.11 Å². The molecule has 1 aliphatic rings. The summed E-state index contributed by atoms with van der Waals surface area (Å²) in [4.78, 5) is 13.4. The van der Waals surface area contributed by atoms with Crippen molar-refractivity contribution in [1.82, 2.24) is 4.90 Å². The van der Waals surface area contributed by atoms with Crippen molar-refractivity contribution < 1.29 is 9.90 Å². The predicted octanol–water partition coefficient (Wildman–Crippen LogP) is 3.42. The molecule has 0 aliphatic heterocycles. The molecule has 0 aromatic heterocycles. The van der Waals surface area contributed by atoms with Gasteiger partial charge >= 0.3 is 5.97 Å². The fraction of sp³-hybridized carbons (Fsp3) is 0.562. The molecule has 0 amide bonds. The van der Waals surface area contributed by atoms with Crippen LogP contribution >= 0.6 is 0 Å². The Kier molecular flexibility index (Phi) is 3.68. The highest BCUT2D eigenvalue weighted by Crippen LogP contribution is 2.41. The van der Waals surface area contributed by atoms with Gasteiger partial charge in [-0.2, -0.15) is 0 Å². The molecular weight excluding hydrogens is 238 g/mol. The lowest BCUT2D eigenvalue weighted by Gasteiger charge is -2.42. The molecule has 3 nitrogen and oxygen atoms in total. The maximum atomic E-state index is 11.4. The van der Waals surface area contributed by atoms with Gasteiger partial charge in [0.25, 0.3) is 0 Å². The molecule has 0 bridgehead atoms. The molecule has 0 fully saturated rings. The van der Waals surface area contributed by atoms with Crippen LogP contribution in [0.4, 0.5) is 0 Å². The van der Waals surface area contributed by atoms with E-state index in [4.69, 9.17) is 0 Å². The number of carbonyl (C=O) groups is 1. The Bertz CT molecular complexity index is 481. The average molecular weight is 261 g/mol. The van der Waals surface area contributed by atoms with Crippen molar-refractivity contribution in [3.63, 3.8) is 0 Å². The molecule has 1 aromatic carbocycles. The minimum atomic E-state index is -0.849. The van der Waals surface area contributed by atoms with Crippen molar-refractivity contribution in [1.29, 1.82) is 0 Å². The summed E-state index contributed by atoms with van der Waals surface area (Å²) in [5, 5.41) is 9.40. The van der Waals surface area contributed by atoms with Gasteiger partial charge in [0, 0.05) is 6.04 Å². The van der Waals surface area contributed by atoms with Gasteiger partial charge in [-0.15, -0.1) is 0 Å². The van der Waals surface area contributed by atoms with E-state index in [9.17, 15) is 9.90 Å². The quantitative estimate of drug-likeness (QED) is 0.906. The maximum absolute atomic E-state index is 11.4. The van der Waals surface area contributed by atoms with Crippen LogP contribution in [0.5, 0.6) is 0 Å². The fourth-order valence-corrected chi connectivity index (χ4v) is 2.92. The maximum Gasteiger partial charge on any atom is 0.323 e. The monoisotopic (exact) mass is 261 g/mol. The Morgan fingerprint density at radius 3 is 2.42 bits per heavy atom. The predicted molar refractivity (Wildman–Crippen MR) is 76.3 cm³/mol. The van der Waals surface area contributed by atoms with Gasteiger partial charge in [-0.1, -0.05) is 31.2 Å². The van der Waals surface area contributed by atoms with Crippen LogP contribution in [0.1, 0.15) is 56.7 Å². The summed E-state index contributed by atoms with van der Waals surface area (Å²) in [5.41, 5.74) is 1.81. The zero-order valence-electron chi connectivity index (χ0n) is 12.2. The van der Waals surface area contributed by atoms with E-state index < -0.39 is 11.5 Å². The second-order valence-electron chi connectivity index (χ2n) is 6.10. The number of hydrogen-bond donors (Lipinski definition) is 1. The summed E-state index contributed by atoms with van der Waals surface area (Å²) in [5.74, 6) is -0.208. The van der Waals surface area contributed by atoms with E-state index in [1.807, 2.05) is 18.0 Å². The van der Waals surface area contributed by atoms with E-state index >= 15 is 0 Å². The Labute approximate surface area is 115 Å². The number of aliphatic carboxylic acids is 1. The van der Waals surface area contributed by atoms with Gasteiger partial charge in [0.1, 0.15) is 5.54 Å². The smallest absolute Gasteiger partial charge is 0.323 e. The standard InChI is InChI=1S/C16H23NO2/c1-11-9-10-14(13-8-6-5-7-12(11)13)17(4)16(2,3)15(18)19/h5-8,11,14H,9-10H2,1-4H3,(H,18,19).